The summed E-state index contributed by atoms with van der Waals surface area (Å²) in [6, 6.07) is 8.70. The molecule has 4 N–H and O–H groups in total. The summed E-state index contributed by atoms with van der Waals surface area (Å²) in [5.41, 5.74) is 14.1. The van der Waals surface area contributed by atoms with Gasteiger partial charge in [0.2, 0.25) is 0 Å². The average Bonchev–Trinajstić information content (AvgIpc) is 2.38. The second-order valence-corrected chi connectivity index (χ2v) is 4.30. The minimum Gasteiger partial charge on any atom is -0.372 e. The molecule has 0 fully saturated rings. The van der Waals surface area contributed by atoms with Crippen molar-refractivity contribution in [2.75, 3.05) is 24.5 Å². The standard InChI is InChI=1S/C14H25N3/c1-3-17(4-2)13-9-7-12(8-10-13)14(16)6-5-11-15/h7-10,14H,3-6,11,15-16H2,1-2H3/t14-/m1/s1. The van der Waals surface area contributed by atoms with Crippen LogP contribution in [0.25, 0.3) is 0 Å². The van der Waals surface area contributed by atoms with Gasteiger partial charge in [-0.05, 0) is 50.9 Å². The summed E-state index contributed by atoms with van der Waals surface area (Å²) >= 11 is 0. The van der Waals surface area contributed by atoms with E-state index in [1.54, 1.807) is 0 Å². The number of nitrogens with zero attached hydrogens (tertiary/aromatic N) is 1. The lowest BCUT2D eigenvalue weighted by Crippen LogP contribution is -2.21. The van der Waals surface area contributed by atoms with Crippen molar-refractivity contribution >= 4 is 5.69 Å². The van der Waals surface area contributed by atoms with Gasteiger partial charge < -0.3 is 16.4 Å². The van der Waals surface area contributed by atoms with Gasteiger partial charge in [0.25, 0.3) is 0 Å². The molecule has 1 aromatic carbocycles. The highest BCUT2D eigenvalue weighted by Gasteiger charge is 2.06. The van der Waals surface area contributed by atoms with Crippen molar-refractivity contribution in [2.45, 2.75) is 32.7 Å². The molecule has 1 rings (SSSR count). The van der Waals surface area contributed by atoms with Gasteiger partial charge in [-0.1, -0.05) is 12.1 Å². The minimum atomic E-state index is 0.115. The van der Waals surface area contributed by atoms with E-state index in [9.17, 15) is 0 Å². The number of rotatable bonds is 7. The average molecular weight is 235 g/mol. The van der Waals surface area contributed by atoms with E-state index in [1.807, 2.05) is 0 Å². The lowest BCUT2D eigenvalue weighted by molar-refractivity contribution is 0.618. The third-order valence-electron chi connectivity index (χ3n) is 3.17. The molecule has 0 aliphatic rings. The molecule has 3 nitrogen and oxygen atoms in total. The zero-order chi connectivity index (χ0) is 12.7. The van der Waals surface area contributed by atoms with Gasteiger partial charge in [-0.3, -0.25) is 0 Å². The van der Waals surface area contributed by atoms with E-state index in [2.05, 4.69) is 43.0 Å². The Morgan fingerprint density at radius 3 is 2.18 bits per heavy atom. The van der Waals surface area contributed by atoms with Crippen LogP contribution in [0.1, 0.15) is 38.3 Å². The topological polar surface area (TPSA) is 55.3 Å². The molecule has 17 heavy (non-hydrogen) atoms. The Balaban J connectivity index is 2.66. The molecule has 1 atom stereocenters. The van der Waals surface area contributed by atoms with Crippen LogP contribution in [0.3, 0.4) is 0 Å². The van der Waals surface area contributed by atoms with Crippen LogP contribution in [0.15, 0.2) is 24.3 Å². The van der Waals surface area contributed by atoms with Gasteiger partial charge in [-0.25, -0.2) is 0 Å². The lowest BCUT2D eigenvalue weighted by Gasteiger charge is -2.21. The van der Waals surface area contributed by atoms with Crippen LogP contribution in [0.5, 0.6) is 0 Å². The zero-order valence-corrected chi connectivity index (χ0v) is 11.0. The third kappa shape index (κ3) is 4.02. The first-order chi connectivity index (χ1) is 8.22. The van der Waals surface area contributed by atoms with Crippen molar-refractivity contribution < 1.29 is 0 Å². The summed E-state index contributed by atoms with van der Waals surface area (Å²) in [6.45, 7) is 7.13. The summed E-state index contributed by atoms with van der Waals surface area (Å²) in [6.07, 6.45) is 1.94. The minimum absolute atomic E-state index is 0.115. The Morgan fingerprint density at radius 2 is 1.71 bits per heavy atom. The molecular formula is C14H25N3. The molecule has 0 aliphatic carbocycles. The van der Waals surface area contributed by atoms with E-state index >= 15 is 0 Å². The highest BCUT2D eigenvalue weighted by Crippen LogP contribution is 2.20. The summed E-state index contributed by atoms with van der Waals surface area (Å²) < 4.78 is 0. The van der Waals surface area contributed by atoms with Crippen LogP contribution in [-0.4, -0.2) is 19.6 Å². The van der Waals surface area contributed by atoms with Crippen molar-refractivity contribution in [3.8, 4) is 0 Å². The molecule has 0 radical (unpaired) electrons. The number of nitrogens with two attached hydrogens (primary N) is 2. The molecule has 0 bridgehead atoms. The van der Waals surface area contributed by atoms with E-state index in [0.29, 0.717) is 6.54 Å². The largest absolute Gasteiger partial charge is 0.372 e. The van der Waals surface area contributed by atoms with E-state index < -0.39 is 0 Å². The molecule has 0 saturated carbocycles. The number of hydrogen-bond acceptors (Lipinski definition) is 3. The Kier molecular flexibility index (Phi) is 6.01. The van der Waals surface area contributed by atoms with Crippen LogP contribution in [0.4, 0.5) is 5.69 Å². The first-order valence-corrected chi connectivity index (χ1v) is 6.53. The Morgan fingerprint density at radius 1 is 1.12 bits per heavy atom. The SMILES string of the molecule is CCN(CC)c1ccc([C@H](N)CCCN)cc1. The fourth-order valence-corrected chi connectivity index (χ4v) is 2.03. The summed E-state index contributed by atoms with van der Waals surface area (Å²) in [5.74, 6) is 0. The van der Waals surface area contributed by atoms with Gasteiger partial charge in [0.15, 0.2) is 0 Å². The maximum absolute atomic E-state index is 6.10. The molecule has 3 heteroatoms. The van der Waals surface area contributed by atoms with Gasteiger partial charge in [0, 0.05) is 24.8 Å². The van der Waals surface area contributed by atoms with E-state index in [0.717, 1.165) is 25.9 Å². The second-order valence-electron chi connectivity index (χ2n) is 4.30. The van der Waals surface area contributed by atoms with Crippen LogP contribution in [-0.2, 0) is 0 Å². The maximum atomic E-state index is 6.10. The molecule has 1 aromatic rings. The molecule has 0 aromatic heterocycles. The molecule has 0 aliphatic heterocycles. The van der Waals surface area contributed by atoms with Gasteiger partial charge >= 0.3 is 0 Å². The monoisotopic (exact) mass is 235 g/mol. The van der Waals surface area contributed by atoms with Crippen LogP contribution >= 0.6 is 0 Å². The van der Waals surface area contributed by atoms with Crippen LogP contribution in [0, 0.1) is 0 Å². The van der Waals surface area contributed by atoms with E-state index in [1.165, 1.54) is 11.3 Å². The van der Waals surface area contributed by atoms with Crippen LogP contribution < -0.4 is 16.4 Å². The van der Waals surface area contributed by atoms with Gasteiger partial charge in [0.05, 0.1) is 0 Å². The summed E-state index contributed by atoms with van der Waals surface area (Å²) in [5, 5.41) is 0. The van der Waals surface area contributed by atoms with Crippen molar-refractivity contribution in [1.82, 2.24) is 0 Å². The van der Waals surface area contributed by atoms with Crippen molar-refractivity contribution in [2.24, 2.45) is 11.5 Å². The molecule has 96 valence electrons. The van der Waals surface area contributed by atoms with Gasteiger partial charge in [0.1, 0.15) is 0 Å². The number of anilines is 1. The van der Waals surface area contributed by atoms with Gasteiger partial charge in [-0.15, -0.1) is 0 Å². The normalized spacial score (nSPS) is 12.5. The van der Waals surface area contributed by atoms with Crippen molar-refractivity contribution in [1.29, 1.82) is 0 Å². The molecule has 0 saturated heterocycles. The summed E-state index contributed by atoms with van der Waals surface area (Å²) in [4.78, 5) is 2.33. The number of benzene rings is 1. The Bertz CT molecular complexity index is 304. The molecule has 0 amide bonds. The summed E-state index contributed by atoms with van der Waals surface area (Å²) in [7, 11) is 0. The number of hydrogen-bond donors (Lipinski definition) is 2. The predicted molar refractivity (Wildman–Crippen MR) is 75.2 cm³/mol. The van der Waals surface area contributed by atoms with E-state index in [4.69, 9.17) is 11.5 Å². The third-order valence-corrected chi connectivity index (χ3v) is 3.17. The quantitative estimate of drug-likeness (QED) is 0.762. The zero-order valence-electron chi connectivity index (χ0n) is 11.0. The second kappa shape index (κ2) is 7.30. The molecule has 0 spiro atoms. The Hall–Kier alpha value is -1.06. The van der Waals surface area contributed by atoms with Crippen molar-refractivity contribution in [3.63, 3.8) is 0 Å². The lowest BCUT2D eigenvalue weighted by atomic mass is 10.0. The molecular weight excluding hydrogens is 210 g/mol. The van der Waals surface area contributed by atoms with Gasteiger partial charge in [-0.2, -0.15) is 0 Å². The highest BCUT2D eigenvalue weighted by atomic mass is 15.1. The smallest absolute Gasteiger partial charge is 0.0366 e. The highest BCUT2D eigenvalue weighted by molar-refractivity contribution is 5.47. The fourth-order valence-electron chi connectivity index (χ4n) is 2.03. The first-order valence-electron chi connectivity index (χ1n) is 6.53. The van der Waals surface area contributed by atoms with E-state index in [-0.39, 0.29) is 6.04 Å². The Labute approximate surface area is 105 Å². The molecule has 0 heterocycles. The predicted octanol–water partition coefficient (Wildman–Crippen LogP) is 2.27. The first kappa shape index (κ1) is 14.0. The molecule has 0 unspecified atom stereocenters. The fraction of sp³-hybridized carbons (Fsp3) is 0.571. The maximum Gasteiger partial charge on any atom is 0.0366 e. The van der Waals surface area contributed by atoms with Crippen molar-refractivity contribution in [3.05, 3.63) is 29.8 Å². The van der Waals surface area contributed by atoms with Crippen LogP contribution in [0.2, 0.25) is 0 Å².